The molecule has 0 unspecified atom stereocenters. The molecule has 9 heteroatoms. The van der Waals surface area contributed by atoms with Gasteiger partial charge in [-0.3, -0.25) is 9.78 Å². The lowest BCUT2D eigenvalue weighted by Gasteiger charge is -2.18. The third-order valence-corrected chi connectivity index (χ3v) is 6.16. The van der Waals surface area contributed by atoms with Crippen molar-refractivity contribution in [3.05, 3.63) is 58.6 Å². The molecule has 0 saturated heterocycles. The van der Waals surface area contributed by atoms with Crippen LogP contribution < -0.4 is 11.1 Å². The van der Waals surface area contributed by atoms with E-state index in [4.69, 9.17) is 4.42 Å². The molecule has 1 amide bonds. The van der Waals surface area contributed by atoms with Gasteiger partial charge in [0, 0.05) is 24.3 Å². The molecule has 0 saturated carbocycles. The maximum atomic E-state index is 12.6. The summed E-state index contributed by atoms with van der Waals surface area (Å²) in [5, 5.41) is 2.68. The normalized spacial score (nSPS) is 11.8. The van der Waals surface area contributed by atoms with E-state index in [9.17, 15) is 18.0 Å². The number of hydrogen-bond acceptors (Lipinski definition) is 5. The molecule has 3 aromatic rings. The highest BCUT2D eigenvalue weighted by Gasteiger charge is 2.22. The van der Waals surface area contributed by atoms with Gasteiger partial charge < -0.3 is 9.73 Å². The number of oxazole rings is 1. The van der Waals surface area contributed by atoms with Crippen molar-refractivity contribution >= 4 is 32.7 Å². The second-order valence-corrected chi connectivity index (χ2v) is 7.73. The number of aromatic amines is 1. The average Bonchev–Trinajstić information content (AvgIpc) is 3.02. The standard InChI is InChI=1S/C18H19N3O5S/c1-3-21(4-2)27(24,25)14-7-5-6-12(10-14)17(22)19-13-8-9-16-15(11-13)20-18(23)26-16/h5-11H,3-4H2,1-2H3,(H,19,22)(H,20,23). The van der Waals surface area contributed by atoms with Gasteiger partial charge in [-0.2, -0.15) is 4.31 Å². The minimum Gasteiger partial charge on any atom is -0.408 e. The highest BCUT2D eigenvalue weighted by atomic mass is 32.2. The SMILES string of the molecule is CCN(CC)S(=O)(=O)c1cccc(C(=O)Nc2ccc3oc(=O)[nH]c3c2)c1. The van der Waals surface area contributed by atoms with Crippen LogP contribution in [0.2, 0.25) is 0 Å². The smallest absolute Gasteiger partial charge is 0.408 e. The van der Waals surface area contributed by atoms with Crippen LogP contribution in [0.4, 0.5) is 5.69 Å². The summed E-state index contributed by atoms with van der Waals surface area (Å²) in [6, 6.07) is 10.6. The first-order chi connectivity index (χ1) is 12.8. The van der Waals surface area contributed by atoms with Crippen LogP contribution in [0.3, 0.4) is 0 Å². The lowest BCUT2D eigenvalue weighted by Crippen LogP contribution is -2.30. The Hall–Kier alpha value is -2.91. The maximum absolute atomic E-state index is 12.6. The molecule has 142 valence electrons. The zero-order valence-electron chi connectivity index (χ0n) is 14.9. The van der Waals surface area contributed by atoms with E-state index >= 15 is 0 Å². The fourth-order valence-electron chi connectivity index (χ4n) is 2.74. The number of carbonyl (C=O) groups is 1. The molecule has 8 nitrogen and oxygen atoms in total. The molecule has 1 aromatic heterocycles. The molecular formula is C18H19N3O5S. The van der Waals surface area contributed by atoms with Crippen LogP contribution in [-0.2, 0) is 10.0 Å². The van der Waals surface area contributed by atoms with Gasteiger partial charge in [-0.05, 0) is 36.4 Å². The molecule has 0 spiro atoms. The van der Waals surface area contributed by atoms with Gasteiger partial charge in [-0.15, -0.1) is 0 Å². The summed E-state index contributed by atoms with van der Waals surface area (Å²) in [7, 11) is -3.65. The molecule has 3 rings (SSSR count). The summed E-state index contributed by atoms with van der Waals surface area (Å²) in [5.41, 5.74) is 1.49. The Morgan fingerprint density at radius 2 is 1.89 bits per heavy atom. The largest absolute Gasteiger partial charge is 0.417 e. The highest BCUT2D eigenvalue weighted by molar-refractivity contribution is 7.89. The van der Waals surface area contributed by atoms with Gasteiger partial charge in [0.25, 0.3) is 5.91 Å². The number of nitrogens with zero attached hydrogens (tertiary/aromatic N) is 1. The van der Waals surface area contributed by atoms with Crippen molar-refractivity contribution in [2.75, 3.05) is 18.4 Å². The molecule has 0 radical (unpaired) electrons. The number of fused-ring (bicyclic) bond motifs is 1. The fraction of sp³-hybridized carbons (Fsp3) is 0.222. The number of anilines is 1. The first-order valence-electron chi connectivity index (χ1n) is 8.39. The van der Waals surface area contributed by atoms with E-state index in [0.717, 1.165) is 0 Å². The Balaban J connectivity index is 1.87. The Labute approximate surface area is 155 Å². The van der Waals surface area contributed by atoms with Crippen molar-refractivity contribution in [3.8, 4) is 0 Å². The van der Waals surface area contributed by atoms with Gasteiger partial charge >= 0.3 is 5.76 Å². The number of hydrogen-bond donors (Lipinski definition) is 2. The van der Waals surface area contributed by atoms with E-state index in [2.05, 4.69) is 10.3 Å². The quantitative estimate of drug-likeness (QED) is 0.672. The summed E-state index contributed by atoms with van der Waals surface area (Å²) in [6.07, 6.45) is 0. The maximum Gasteiger partial charge on any atom is 0.417 e. The summed E-state index contributed by atoms with van der Waals surface area (Å²) in [6.45, 7) is 4.21. The Bertz CT molecular complexity index is 1140. The molecular weight excluding hydrogens is 370 g/mol. The summed E-state index contributed by atoms with van der Waals surface area (Å²) in [5.74, 6) is -1.04. The molecule has 2 aromatic carbocycles. The second-order valence-electron chi connectivity index (χ2n) is 5.80. The van der Waals surface area contributed by atoms with E-state index in [1.54, 1.807) is 32.0 Å². The van der Waals surface area contributed by atoms with Gasteiger partial charge in [0.05, 0.1) is 10.4 Å². The average molecular weight is 389 g/mol. The van der Waals surface area contributed by atoms with Crippen molar-refractivity contribution in [2.24, 2.45) is 0 Å². The molecule has 0 aliphatic carbocycles. The van der Waals surface area contributed by atoms with Gasteiger partial charge in [0.1, 0.15) is 0 Å². The van der Waals surface area contributed by atoms with Crippen molar-refractivity contribution in [2.45, 2.75) is 18.7 Å². The van der Waals surface area contributed by atoms with Crippen LogP contribution in [0.25, 0.3) is 11.1 Å². The Morgan fingerprint density at radius 1 is 1.15 bits per heavy atom. The van der Waals surface area contributed by atoms with Gasteiger partial charge in [-0.1, -0.05) is 19.9 Å². The number of benzene rings is 2. The third-order valence-electron chi connectivity index (χ3n) is 4.12. The minimum absolute atomic E-state index is 0.0634. The highest BCUT2D eigenvalue weighted by Crippen LogP contribution is 2.20. The molecule has 2 N–H and O–H groups in total. The van der Waals surface area contributed by atoms with Crippen molar-refractivity contribution in [3.63, 3.8) is 0 Å². The van der Waals surface area contributed by atoms with Crippen molar-refractivity contribution in [1.82, 2.24) is 9.29 Å². The Morgan fingerprint density at radius 3 is 2.59 bits per heavy atom. The molecule has 0 bridgehead atoms. The number of nitrogens with one attached hydrogen (secondary N) is 2. The van der Waals surface area contributed by atoms with E-state index in [0.29, 0.717) is 29.9 Å². The Kier molecular flexibility index (Phi) is 5.15. The summed E-state index contributed by atoms with van der Waals surface area (Å²) < 4.78 is 31.5. The van der Waals surface area contributed by atoms with Crippen molar-refractivity contribution < 1.29 is 17.6 Å². The third kappa shape index (κ3) is 3.79. The zero-order valence-corrected chi connectivity index (χ0v) is 15.7. The lowest BCUT2D eigenvalue weighted by atomic mass is 10.2. The topological polar surface area (TPSA) is 112 Å². The zero-order chi connectivity index (χ0) is 19.6. The first kappa shape index (κ1) is 18.9. The number of amides is 1. The molecule has 27 heavy (non-hydrogen) atoms. The number of aromatic nitrogens is 1. The number of carbonyl (C=O) groups excluding carboxylic acids is 1. The fourth-order valence-corrected chi connectivity index (χ4v) is 4.25. The first-order valence-corrected chi connectivity index (χ1v) is 9.83. The van der Waals surface area contributed by atoms with Crippen LogP contribution in [0.15, 0.2) is 56.6 Å². The number of sulfonamides is 1. The minimum atomic E-state index is -3.65. The van der Waals surface area contributed by atoms with Crippen LogP contribution in [-0.4, -0.2) is 36.7 Å². The molecule has 1 heterocycles. The van der Waals surface area contributed by atoms with E-state index < -0.39 is 21.7 Å². The van der Waals surface area contributed by atoms with Crippen LogP contribution >= 0.6 is 0 Å². The van der Waals surface area contributed by atoms with E-state index in [1.807, 2.05) is 0 Å². The monoisotopic (exact) mass is 389 g/mol. The van der Waals surface area contributed by atoms with Gasteiger partial charge in [0.2, 0.25) is 10.0 Å². The van der Waals surface area contributed by atoms with Crippen LogP contribution in [0, 0.1) is 0 Å². The van der Waals surface area contributed by atoms with Crippen LogP contribution in [0.5, 0.6) is 0 Å². The van der Waals surface area contributed by atoms with E-state index in [1.165, 1.54) is 28.6 Å². The van der Waals surface area contributed by atoms with Gasteiger partial charge in [0.15, 0.2) is 5.58 Å². The predicted molar refractivity (Wildman–Crippen MR) is 101 cm³/mol. The van der Waals surface area contributed by atoms with Crippen LogP contribution in [0.1, 0.15) is 24.2 Å². The van der Waals surface area contributed by atoms with E-state index in [-0.39, 0.29) is 10.5 Å². The molecule has 0 fully saturated rings. The summed E-state index contributed by atoms with van der Waals surface area (Å²) >= 11 is 0. The van der Waals surface area contributed by atoms with Gasteiger partial charge in [-0.25, -0.2) is 13.2 Å². The number of rotatable bonds is 6. The second kappa shape index (κ2) is 7.37. The lowest BCUT2D eigenvalue weighted by molar-refractivity contribution is 0.102. The van der Waals surface area contributed by atoms with Crippen molar-refractivity contribution in [1.29, 1.82) is 0 Å². The predicted octanol–water partition coefficient (Wildman–Crippen LogP) is 2.40. The molecule has 0 atom stereocenters. The number of H-pyrrole nitrogens is 1. The molecule has 0 aliphatic rings. The molecule has 0 aliphatic heterocycles. The summed E-state index contributed by atoms with van der Waals surface area (Å²) in [4.78, 5) is 26.3.